The number of fused-ring (bicyclic) bond motifs is 1. The van der Waals surface area contributed by atoms with Crippen molar-refractivity contribution in [3.63, 3.8) is 0 Å². The van der Waals surface area contributed by atoms with E-state index in [1.807, 2.05) is 7.05 Å². The van der Waals surface area contributed by atoms with Crippen molar-refractivity contribution in [1.82, 2.24) is 9.88 Å². The third-order valence-electron chi connectivity index (χ3n) is 2.92. The molecule has 0 radical (unpaired) electrons. The van der Waals surface area contributed by atoms with E-state index in [4.69, 9.17) is 0 Å². The summed E-state index contributed by atoms with van der Waals surface area (Å²) in [7, 11) is 1.99. The molecule has 0 saturated carbocycles. The van der Waals surface area contributed by atoms with Gasteiger partial charge in [-0.05, 0) is 38.6 Å². The van der Waals surface area contributed by atoms with Gasteiger partial charge in [0, 0.05) is 29.7 Å². The number of hydrogen-bond acceptors (Lipinski definition) is 1. The Bertz CT molecular complexity index is 469. The summed E-state index contributed by atoms with van der Waals surface area (Å²) in [5.41, 5.74) is 4.07. The topological polar surface area (TPSA) is 17.0 Å². The summed E-state index contributed by atoms with van der Waals surface area (Å²) in [4.78, 5) is 0. The average Bonchev–Trinajstić information content (AvgIpc) is 2.58. The van der Waals surface area contributed by atoms with Crippen LogP contribution in [0.25, 0.3) is 10.9 Å². The Morgan fingerprint density at radius 1 is 1.33 bits per heavy atom. The number of aryl methyl sites for hydroxylation is 2. The van der Waals surface area contributed by atoms with Gasteiger partial charge in [-0.15, -0.1) is 0 Å². The van der Waals surface area contributed by atoms with Crippen LogP contribution < -0.4 is 5.32 Å². The predicted octanol–water partition coefficient (Wildman–Crippen LogP) is 2.69. The Kier molecular flexibility index (Phi) is 2.78. The Balaban J connectivity index is 2.67. The van der Waals surface area contributed by atoms with Gasteiger partial charge in [-0.25, -0.2) is 0 Å². The van der Waals surface area contributed by atoms with Crippen LogP contribution in [-0.4, -0.2) is 11.6 Å². The lowest BCUT2D eigenvalue weighted by molar-refractivity contribution is 0.692. The van der Waals surface area contributed by atoms with Crippen LogP contribution in [0.15, 0.2) is 24.3 Å². The third-order valence-corrected chi connectivity index (χ3v) is 2.92. The average molecular weight is 202 g/mol. The highest BCUT2D eigenvalue weighted by molar-refractivity contribution is 5.84. The highest BCUT2D eigenvalue weighted by Gasteiger charge is 2.07. The molecule has 0 aliphatic carbocycles. The molecular formula is C13H18N2. The molecule has 2 aromatic rings. The first-order valence-corrected chi connectivity index (χ1v) is 5.50. The largest absolute Gasteiger partial charge is 0.344 e. The number of nitrogens with zero attached hydrogens (tertiary/aromatic N) is 1. The molecule has 80 valence electrons. The van der Waals surface area contributed by atoms with E-state index in [0.717, 1.165) is 13.1 Å². The number of nitrogens with one attached hydrogen (secondary N) is 1. The molecule has 0 saturated heterocycles. The number of hydrogen-bond donors (Lipinski definition) is 1. The summed E-state index contributed by atoms with van der Waals surface area (Å²) in [6, 6.07) is 8.80. The lowest BCUT2D eigenvalue weighted by atomic mass is 10.1. The number of rotatable bonds is 3. The van der Waals surface area contributed by atoms with E-state index in [2.05, 4.69) is 48.0 Å². The van der Waals surface area contributed by atoms with Crippen molar-refractivity contribution in [2.45, 2.75) is 26.9 Å². The molecule has 0 aliphatic rings. The van der Waals surface area contributed by atoms with E-state index in [1.165, 1.54) is 22.2 Å². The van der Waals surface area contributed by atoms with Crippen LogP contribution in [0.2, 0.25) is 0 Å². The minimum Gasteiger partial charge on any atom is -0.344 e. The van der Waals surface area contributed by atoms with Gasteiger partial charge in [0.15, 0.2) is 0 Å². The molecule has 0 fully saturated rings. The van der Waals surface area contributed by atoms with Crippen LogP contribution in [0.3, 0.4) is 0 Å². The Morgan fingerprint density at radius 3 is 2.80 bits per heavy atom. The quantitative estimate of drug-likeness (QED) is 0.809. The minimum absolute atomic E-state index is 0.933. The first kappa shape index (κ1) is 10.2. The zero-order chi connectivity index (χ0) is 10.8. The highest BCUT2D eigenvalue weighted by Crippen LogP contribution is 2.22. The van der Waals surface area contributed by atoms with Crippen molar-refractivity contribution in [1.29, 1.82) is 0 Å². The summed E-state index contributed by atoms with van der Waals surface area (Å²) < 4.78 is 2.37. The Labute approximate surface area is 90.9 Å². The Hall–Kier alpha value is -1.28. The van der Waals surface area contributed by atoms with Crippen molar-refractivity contribution < 1.29 is 0 Å². The summed E-state index contributed by atoms with van der Waals surface area (Å²) >= 11 is 0. The molecule has 0 bridgehead atoms. The maximum absolute atomic E-state index is 3.22. The molecule has 0 atom stereocenters. The molecule has 0 spiro atoms. The molecule has 1 heterocycles. The van der Waals surface area contributed by atoms with Crippen molar-refractivity contribution >= 4 is 10.9 Å². The summed E-state index contributed by atoms with van der Waals surface area (Å²) in [5, 5.41) is 4.60. The van der Waals surface area contributed by atoms with E-state index in [1.54, 1.807) is 0 Å². The van der Waals surface area contributed by atoms with Gasteiger partial charge in [-0.2, -0.15) is 0 Å². The molecule has 1 N–H and O–H groups in total. The molecule has 0 aliphatic heterocycles. The van der Waals surface area contributed by atoms with Crippen LogP contribution in [0, 0.1) is 6.92 Å². The first-order chi connectivity index (χ1) is 7.27. The van der Waals surface area contributed by atoms with Gasteiger partial charge < -0.3 is 9.88 Å². The molecule has 15 heavy (non-hydrogen) atoms. The normalized spacial score (nSPS) is 11.1. The van der Waals surface area contributed by atoms with Crippen LogP contribution in [0.5, 0.6) is 0 Å². The Morgan fingerprint density at radius 2 is 2.13 bits per heavy atom. The lowest BCUT2D eigenvalue weighted by Crippen LogP contribution is -2.10. The molecule has 0 unspecified atom stereocenters. The van der Waals surface area contributed by atoms with Crippen molar-refractivity contribution in [3.05, 3.63) is 35.5 Å². The minimum atomic E-state index is 0.933. The second-order valence-corrected chi connectivity index (χ2v) is 3.92. The van der Waals surface area contributed by atoms with Gasteiger partial charge >= 0.3 is 0 Å². The van der Waals surface area contributed by atoms with Gasteiger partial charge in [0.1, 0.15) is 0 Å². The molecule has 2 nitrogen and oxygen atoms in total. The van der Waals surface area contributed by atoms with Gasteiger partial charge in [0.25, 0.3) is 0 Å². The van der Waals surface area contributed by atoms with E-state index >= 15 is 0 Å². The van der Waals surface area contributed by atoms with Gasteiger partial charge in [-0.3, -0.25) is 0 Å². The van der Waals surface area contributed by atoms with E-state index in [-0.39, 0.29) is 0 Å². The zero-order valence-electron chi connectivity index (χ0n) is 9.67. The predicted molar refractivity (Wildman–Crippen MR) is 65.1 cm³/mol. The zero-order valence-corrected chi connectivity index (χ0v) is 9.67. The van der Waals surface area contributed by atoms with E-state index in [9.17, 15) is 0 Å². The maximum Gasteiger partial charge on any atom is 0.0485 e. The van der Waals surface area contributed by atoms with E-state index in [0.29, 0.717) is 0 Å². The van der Waals surface area contributed by atoms with Gasteiger partial charge in [0.05, 0.1) is 0 Å². The van der Waals surface area contributed by atoms with Crippen molar-refractivity contribution in [3.8, 4) is 0 Å². The summed E-state index contributed by atoms with van der Waals surface area (Å²) in [6.07, 6.45) is 0. The van der Waals surface area contributed by atoms with Crippen molar-refractivity contribution in [2.24, 2.45) is 0 Å². The molecule has 2 heteroatoms. The lowest BCUT2D eigenvalue weighted by Gasteiger charge is -2.07. The van der Waals surface area contributed by atoms with Gasteiger partial charge in [-0.1, -0.05) is 12.1 Å². The fraction of sp³-hybridized carbons (Fsp3) is 0.385. The summed E-state index contributed by atoms with van der Waals surface area (Å²) in [6.45, 7) is 6.33. The fourth-order valence-electron chi connectivity index (χ4n) is 2.19. The molecular weight excluding hydrogens is 184 g/mol. The van der Waals surface area contributed by atoms with Crippen LogP contribution in [-0.2, 0) is 13.1 Å². The molecule has 0 amide bonds. The highest BCUT2D eigenvalue weighted by atomic mass is 15.0. The maximum atomic E-state index is 3.22. The monoisotopic (exact) mass is 202 g/mol. The molecule has 1 aromatic heterocycles. The third kappa shape index (κ3) is 1.65. The molecule has 1 aromatic carbocycles. The SMILES string of the molecule is CCn1c(CNC)cc2c(C)cccc21. The van der Waals surface area contributed by atoms with Crippen LogP contribution in [0.1, 0.15) is 18.2 Å². The number of aromatic nitrogens is 1. The fourth-order valence-corrected chi connectivity index (χ4v) is 2.19. The number of benzene rings is 1. The van der Waals surface area contributed by atoms with Crippen LogP contribution in [0.4, 0.5) is 0 Å². The van der Waals surface area contributed by atoms with Crippen LogP contribution >= 0.6 is 0 Å². The smallest absolute Gasteiger partial charge is 0.0485 e. The summed E-state index contributed by atoms with van der Waals surface area (Å²) in [5.74, 6) is 0. The van der Waals surface area contributed by atoms with E-state index < -0.39 is 0 Å². The first-order valence-electron chi connectivity index (χ1n) is 5.50. The van der Waals surface area contributed by atoms with Gasteiger partial charge in [0.2, 0.25) is 0 Å². The molecule has 2 rings (SSSR count). The second-order valence-electron chi connectivity index (χ2n) is 3.92. The second kappa shape index (κ2) is 4.07. The standard InChI is InChI=1S/C13H18N2/c1-4-15-11(9-14-3)8-12-10(2)6-5-7-13(12)15/h5-8,14H,4,9H2,1-3H3. The van der Waals surface area contributed by atoms with Crippen molar-refractivity contribution in [2.75, 3.05) is 7.05 Å².